The molecular weight excluding hydrogens is 384 g/mol. The first-order chi connectivity index (χ1) is 14.5. The summed E-state index contributed by atoms with van der Waals surface area (Å²) in [5.41, 5.74) is 1.79. The number of carbonyl (C=O) groups excluding carboxylic acids is 3. The highest BCUT2D eigenvalue weighted by Crippen LogP contribution is 2.23. The van der Waals surface area contributed by atoms with Crippen LogP contribution in [0.1, 0.15) is 26.7 Å². The van der Waals surface area contributed by atoms with Crippen LogP contribution >= 0.6 is 0 Å². The Morgan fingerprint density at radius 3 is 2.37 bits per heavy atom. The SMILES string of the molecule is CCOc1ccc(NC(=O)N2CCC[C@@H]2C(=O)Nc2cccc(NC(C)=O)c2)cc1. The van der Waals surface area contributed by atoms with Gasteiger partial charge in [0.2, 0.25) is 11.8 Å². The van der Waals surface area contributed by atoms with Gasteiger partial charge in [0.05, 0.1) is 6.61 Å². The van der Waals surface area contributed by atoms with E-state index in [0.717, 1.165) is 12.2 Å². The van der Waals surface area contributed by atoms with Crippen LogP contribution in [0.15, 0.2) is 48.5 Å². The van der Waals surface area contributed by atoms with E-state index < -0.39 is 6.04 Å². The monoisotopic (exact) mass is 410 g/mol. The molecule has 2 aromatic carbocycles. The van der Waals surface area contributed by atoms with E-state index in [4.69, 9.17) is 4.74 Å². The zero-order chi connectivity index (χ0) is 21.5. The van der Waals surface area contributed by atoms with Crippen LogP contribution in [0.5, 0.6) is 5.75 Å². The summed E-state index contributed by atoms with van der Waals surface area (Å²) >= 11 is 0. The molecule has 8 heteroatoms. The van der Waals surface area contributed by atoms with Gasteiger partial charge in [0.15, 0.2) is 0 Å². The van der Waals surface area contributed by atoms with Crippen molar-refractivity contribution in [3.63, 3.8) is 0 Å². The van der Waals surface area contributed by atoms with Gasteiger partial charge in [-0.2, -0.15) is 0 Å². The Bertz CT molecular complexity index is 914. The number of nitrogens with one attached hydrogen (secondary N) is 3. The van der Waals surface area contributed by atoms with Crippen molar-refractivity contribution in [2.45, 2.75) is 32.7 Å². The molecule has 1 saturated heterocycles. The van der Waals surface area contributed by atoms with E-state index in [-0.39, 0.29) is 17.8 Å². The highest BCUT2D eigenvalue weighted by Gasteiger charge is 2.34. The maximum Gasteiger partial charge on any atom is 0.322 e. The Balaban J connectivity index is 1.62. The number of hydrogen-bond donors (Lipinski definition) is 3. The Morgan fingerprint density at radius 1 is 1.00 bits per heavy atom. The van der Waals surface area contributed by atoms with Crippen LogP contribution in [0.3, 0.4) is 0 Å². The van der Waals surface area contributed by atoms with E-state index in [0.29, 0.717) is 36.6 Å². The highest BCUT2D eigenvalue weighted by molar-refractivity contribution is 6.00. The zero-order valence-corrected chi connectivity index (χ0v) is 17.1. The fourth-order valence-corrected chi connectivity index (χ4v) is 3.38. The summed E-state index contributed by atoms with van der Waals surface area (Å²) in [6.07, 6.45) is 1.34. The zero-order valence-electron chi connectivity index (χ0n) is 17.1. The first-order valence-electron chi connectivity index (χ1n) is 9.95. The van der Waals surface area contributed by atoms with Gasteiger partial charge in [-0.3, -0.25) is 9.59 Å². The standard InChI is InChI=1S/C22H26N4O4/c1-3-30-19-11-9-16(10-12-19)25-22(29)26-13-5-8-20(26)21(28)24-18-7-4-6-17(14-18)23-15(2)27/h4,6-7,9-12,14,20H,3,5,8,13H2,1-2H3,(H,23,27)(H,24,28)(H,25,29)/t20-/m1/s1. The van der Waals surface area contributed by atoms with Crippen LogP contribution < -0.4 is 20.7 Å². The molecule has 0 aliphatic carbocycles. The summed E-state index contributed by atoms with van der Waals surface area (Å²) < 4.78 is 5.40. The molecule has 158 valence electrons. The summed E-state index contributed by atoms with van der Waals surface area (Å²) in [4.78, 5) is 38.3. The smallest absolute Gasteiger partial charge is 0.322 e. The van der Waals surface area contributed by atoms with Crippen LogP contribution in [-0.2, 0) is 9.59 Å². The van der Waals surface area contributed by atoms with Gasteiger partial charge in [-0.25, -0.2) is 4.79 Å². The summed E-state index contributed by atoms with van der Waals surface area (Å²) in [5.74, 6) is 0.288. The van der Waals surface area contributed by atoms with E-state index in [2.05, 4.69) is 16.0 Å². The van der Waals surface area contributed by atoms with E-state index in [9.17, 15) is 14.4 Å². The number of urea groups is 1. The van der Waals surface area contributed by atoms with Crippen molar-refractivity contribution in [2.24, 2.45) is 0 Å². The van der Waals surface area contributed by atoms with Crippen LogP contribution in [0, 0.1) is 0 Å². The second-order valence-electron chi connectivity index (χ2n) is 6.99. The van der Waals surface area contributed by atoms with Crippen molar-refractivity contribution in [1.82, 2.24) is 4.90 Å². The molecule has 8 nitrogen and oxygen atoms in total. The van der Waals surface area contributed by atoms with Gasteiger partial charge in [-0.1, -0.05) is 6.07 Å². The molecule has 0 bridgehead atoms. The van der Waals surface area contributed by atoms with Gasteiger partial charge >= 0.3 is 6.03 Å². The average molecular weight is 410 g/mol. The molecule has 30 heavy (non-hydrogen) atoms. The van der Waals surface area contributed by atoms with Gasteiger partial charge in [0.25, 0.3) is 0 Å². The van der Waals surface area contributed by atoms with Crippen molar-refractivity contribution in [3.8, 4) is 5.75 Å². The largest absolute Gasteiger partial charge is 0.494 e. The van der Waals surface area contributed by atoms with Gasteiger partial charge < -0.3 is 25.6 Å². The van der Waals surface area contributed by atoms with E-state index in [1.54, 1.807) is 53.4 Å². The average Bonchev–Trinajstić information content (AvgIpc) is 3.20. The van der Waals surface area contributed by atoms with Gasteiger partial charge in [-0.05, 0) is 62.2 Å². The minimum Gasteiger partial charge on any atom is -0.494 e. The number of carbonyl (C=O) groups is 3. The Hall–Kier alpha value is -3.55. The molecule has 3 N–H and O–H groups in total. The highest BCUT2D eigenvalue weighted by atomic mass is 16.5. The second-order valence-corrected chi connectivity index (χ2v) is 6.99. The summed E-state index contributed by atoms with van der Waals surface area (Å²) in [7, 11) is 0. The molecule has 0 unspecified atom stereocenters. The molecule has 0 aromatic heterocycles. The maximum atomic E-state index is 12.8. The number of nitrogens with zero attached hydrogens (tertiary/aromatic N) is 1. The lowest BCUT2D eigenvalue weighted by Gasteiger charge is -2.24. The third-order valence-corrected chi connectivity index (χ3v) is 4.68. The molecule has 1 aliphatic rings. The van der Waals surface area contributed by atoms with E-state index in [1.165, 1.54) is 6.92 Å². The van der Waals surface area contributed by atoms with Crippen molar-refractivity contribution < 1.29 is 19.1 Å². The Morgan fingerprint density at radius 2 is 1.70 bits per heavy atom. The van der Waals surface area contributed by atoms with Crippen molar-refractivity contribution in [2.75, 3.05) is 29.1 Å². The lowest BCUT2D eigenvalue weighted by Crippen LogP contribution is -2.45. The fraction of sp³-hybridized carbons (Fsp3) is 0.318. The summed E-state index contributed by atoms with van der Waals surface area (Å²) in [6, 6.07) is 13.1. The fourth-order valence-electron chi connectivity index (χ4n) is 3.38. The number of benzene rings is 2. The maximum absolute atomic E-state index is 12.8. The molecule has 0 spiro atoms. The van der Waals surface area contributed by atoms with Crippen LogP contribution in [0.25, 0.3) is 0 Å². The number of hydrogen-bond acceptors (Lipinski definition) is 4. The lowest BCUT2D eigenvalue weighted by molar-refractivity contribution is -0.119. The van der Waals surface area contributed by atoms with Crippen LogP contribution in [-0.4, -0.2) is 41.9 Å². The molecule has 1 heterocycles. The van der Waals surface area contributed by atoms with E-state index in [1.807, 2.05) is 6.92 Å². The van der Waals surface area contributed by atoms with Gasteiger partial charge in [0, 0.05) is 30.5 Å². The van der Waals surface area contributed by atoms with Crippen LogP contribution in [0.4, 0.5) is 21.9 Å². The Labute approximate surface area is 175 Å². The molecule has 0 saturated carbocycles. The van der Waals surface area contributed by atoms with Gasteiger partial charge in [0.1, 0.15) is 11.8 Å². The minimum absolute atomic E-state index is 0.189. The summed E-state index contributed by atoms with van der Waals surface area (Å²) in [6.45, 7) is 4.41. The first kappa shape index (κ1) is 21.2. The molecule has 3 rings (SSSR count). The second kappa shape index (κ2) is 9.78. The lowest BCUT2D eigenvalue weighted by atomic mass is 10.2. The molecule has 0 radical (unpaired) electrons. The Kier molecular flexibility index (Phi) is 6.90. The minimum atomic E-state index is -0.558. The first-order valence-corrected chi connectivity index (χ1v) is 9.95. The van der Waals surface area contributed by atoms with Crippen molar-refractivity contribution in [1.29, 1.82) is 0 Å². The quantitative estimate of drug-likeness (QED) is 0.676. The normalized spacial score (nSPS) is 15.4. The molecule has 2 aromatic rings. The van der Waals surface area contributed by atoms with E-state index >= 15 is 0 Å². The predicted octanol–water partition coefficient (Wildman–Crippen LogP) is 3.68. The number of ether oxygens (including phenoxy) is 1. The number of rotatable bonds is 6. The third-order valence-electron chi connectivity index (χ3n) is 4.68. The molecular formula is C22H26N4O4. The molecule has 4 amide bonds. The van der Waals surface area contributed by atoms with Crippen LogP contribution in [0.2, 0.25) is 0 Å². The molecule has 1 aliphatic heterocycles. The number of likely N-dealkylation sites (tertiary alicyclic amines) is 1. The molecule has 1 atom stereocenters. The number of anilines is 3. The number of amides is 4. The van der Waals surface area contributed by atoms with Crippen molar-refractivity contribution >= 4 is 34.9 Å². The third kappa shape index (κ3) is 5.50. The topological polar surface area (TPSA) is 99.8 Å². The molecule has 1 fully saturated rings. The predicted molar refractivity (Wildman–Crippen MR) is 116 cm³/mol. The summed E-state index contributed by atoms with van der Waals surface area (Å²) in [5, 5.41) is 8.36. The van der Waals surface area contributed by atoms with Crippen molar-refractivity contribution in [3.05, 3.63) is 48.5 Å². The van der Waals surface area contributed by atoms with Gasteiger partial charge in [-0.15, -0.1) is 0 Å².